The molecule has 1 rings (SSSR count). The van der Waals surface area contributed by atoms with Crippen LogP contribution < -0.4 is 5.73 Å². The summed E-state index contributed by atoms with van der Waals surface area (Å²) in [6, 6.07) is 0. The number of rotatable bonds is 7. The first-order chi connectivity index (χ1) is 9.49. The molecule has 0 aromatic heterocycles. The van der Waals surface area contributed by atoms with Gasteiger partial charge in [0.15, 0.2) is 0 Å². The van der Waals surface area contributed by atoms with Gasteiger partial charge in [-0.25, -0.2) is 0 Å². The van der Waals surface area contributed by atoms with Crippen LogP contribution in [0, 0.1) is 11.8 Å². The van der Waals surface area contributed by atoms with Crippen LogP contribution in [0.4, 0.5) is 0 Å². The van der Waals surface area contributed by atoms with Gasteiger partial charge in [0.2, 0.25) is 5.91 Å². The number of nitrogens with zero attached hydrogens (tertiary/aromatic N) is 2. The van der Waals surface area contributed by atoms with E-state index in [0.717, 1.165) is 12.8 Å². The van der Waals surface area contributed by atoms with Crippen LogP contribution in [-0.2, 0) is 9.53 Å². The molecule has 0 saturated carbocycles. The molecule has 3 N–H and O–H groups in total. The van der Waals surface area contributed by atoms with Crippen LogP contribution in [0.2, 0.25) is 0 Å². The summed E-state index contributed by atoms with van der Waals surface area (Å²) in [6.07, 6.45) is 2.06. The number of amides is 1. The van der Waals surface area contributed by atoms with E-state index in [1.54, 1.807) is 0 Å². The van der Waals surface area contributed by atoms with E-state index in [4.69, 9.17) is 15.7 Å². The second-order valence-electron chi connectivity index (χ2n) is 5.73. The van der Waals surface area contributed by atoms with E-state index in [2.05, 4.69) is 19.0 Å². The van der Waals surface area contributed by atoms with Crippen LogP contribution in [0.5, 0.6) is 0 Å². The van der Waals surface area contributed by atoms with Gasteiger partial charge in [-0.05, 0) is 18.8 Å². The van der Waals surface area contributed by atoms with Gasteiger partial charge in [0.1, 0.15) is 5.84 Å². The van der Waals surface area contributed by atoms with Crippen molar-refractivity contribution in [3.63, 3.8) is 0 Å². The lowest BCUT2D eigenvalue weighted by molar-refractivity contribution is -0.137. The summed E-state index contributed by atoms with van der Waals surface area (Å²) in [6.45, 7) is 8.02. The van der Waals surface area contributed by atoms with Gasteiger partial charge in [0, 0.05) is 26.1 Å². The first kappa shape index (κ1) is 16.8. The Morgan fingerprint density at radius 2 is 2.25 bits per heavy atom. The van der Waals surface area contributed by atoms with E-state index in [0.29, 0.717) is 32.0 Å². The summed E-state index contributed by atoms with van der Waals surface area (Å²) in [5.41, 5.74) is 5.50. The van der Waals surface area contributed by atoms with Gasteiger partial charge in [0.25, 0.3) is 0 Å². The molecule has 2 atom stereocenters. The molecule has 20 heavy (non-hydrogen) atoms. The molecule has 6 heteroatoms. The fourth-order valence-electron chi connectivity index (χ4n) is 2.60. The van der Waals surface area contributed by atoms with Crippen molar-refractivity contribution in [3.05, 3.63) is 0 Å². The Morgan fingerprint density at radius 1 is 1.55 bits per heavy atom. The zero-order chi connectivity index (χ0) is 15.1. The quantitative estimate of drug-likeness (QED) is 0.320. The van der Waals surface area contributed by atoms with Crippen molar-refractivity contribution in [1.82, 2.24) is 4.90 Å². The first-order valence-corrected chi connectivity index (χ1v) is 7.36. The molecule has 0 radical (unpaired) electrons. The lowest BCUT2D eigenvalue weighted by Gasteiger charge is -2.28. The van der Waals surface area contributed by atoms with Crippen molar-refractivity contribution >= 4 is 11.7 Å². The zero-order valence-corrected chi connectivity index (χ0v) is 12.7. The highest BCUT2D eigenvalue weighted by molar-refractivity contribution is 5.82. The minimum absolute atomic E-state index is 0.0287. The minimum atomic E-state index is -0.0500. The van der Waals surface area contributed by atoms with Crippen LogP contribution in [0.25, 0.3) is 0 Å². The van der Waals surface area contributed by atoms with Crippen molar-refractivity contribution in [2.45, 2.75) is 46.1 Å². The maximum absolute atomic E-state index is 12.7. The summed E-state index contributed by atoms with van der Waals surface area (Å²) in [7, 11) is 0. The van der Waals surface area contributed by atoms with Crippen molar-refractivity contribution in [3.8, 4) is 0 Å². The highest BCUT2D eigenvalue weighted by Crippen LogP contribution is 2.25. The number of hydrogen-bond donors (Lipinski definition) is 2. The Hall–Kier alpha value is -1.30. The topological polar surface area (TPSA) is 88.2 Å². The average Bonchev–Trinajstić information content (AvgIpc) is 2.90. The van der Waals surface area contributed by atoms with Gasteiger partial charge in [-0.1, -0.05) is 25.9 Å². The molecule has 0 aliphatic carbocycles. The molecule has 2 unspecified atom stereocenters. The van der Waals surface area contributed by atoms with E-state index in [-0.39, 0.29) is 23.8 Å². The third kappa shape index (κ3) is 4.67. The Morgan fingerprint density at radius 3 is 2.80 bits per heavy atom. The van der Waals surface area contributed by atoms with Crippen LogP contribution in [-0.4, -0.2) is 47.7 Å². The molecule has 1 heterocycles. The maximum Gasteiger partial charge on any atom is 0.228 e. The van der Waals surface area contributed by atoms with Crippen LogP contribution in [0.15, 0.2) is 5.16 Å². The number of carbonyl (C=O) groups excluding carboxylic acids is 1. The third-order valence-corrected chi connectivity index (χ3v) is 3.59. The minimum Gasteiger partial charge on any atom is -0.409 e. The number of carbonyl (C=O) groups is 1. The number of hydrogen-bond acceptors (Lipinski definition) is 4. The van der Waals surface area contributed by atoms with E-state index < -0.39 is 0 Å². The molecule has 1 aliphatic heterocycles. The Kier molecular flexibility index (Phi) is 6.78. The standard InChI is InChI=1S/C14H27N3O3/c1-4-12-11(6-8-20-12)14(18)17(9-10(2)3)7-5-13(15)16-19/h10-12,19H,4-9H2,1-3H3,(H2,15,16). The lowest BCUT2D eigenvalue weighted by Crippen LogP contribution is -2.42. The lowest BCUT2D eigenvalue weighted by atomic mass is 9.97. The van der Waals surface area contributed by atoms with E-state index in [1.807, 2.05) is 11.8 Å². The molecule has 6 nitrogen and oxygen atoms in total. The molecular weight excluding hydrogens is 258 g/mol. The van der Waals surface area contributed by atoms with Gasteiger partial charge < -0.3 is 20.6 Å². The van der Waals surface area contributed by atoms with Gasteiger partial charge in [-0.2, -0.15) is 0 Å². The van der Waals surface area contributed by atoms with Crippen LogP contribution in [0.1, 0.15) is 40.0 Å². The molecule has 1 amide bonds. The highest BCUT2D eigenvalue weighted by Gasteiger charge is 2.35. The van der Waals surface area contributed by atoms with Crippen molar-refractivity contribution in [2.24, 2.45) is 22.7 Å². The van der Waals surface area contributed by atoms with Crippen LogP contribution >= 0.6 is 0 Å². The van der Waals surface area contributed by atoms with Gasteiger partial charge >= 0.3 is 0 Å². The molecule has 1 fully saturated rings. The summed E-state index contributed by atoms with van der Waals surface area (Å²) >= 11 is 0. The summed E-state index contributed by atoms with van der Waals surface area (Å²) in [5, 5.41) is 11.6. The molecular formula is C14H27N3O3. The summed E-state index contributed by atoms with van der Waals surface area (Å²) < 4.78 is 5.60. The number of ether oxygens (including phenoxy) is 1. The second-order valence-corrected chi connectivity index (χ2v) is 5.73. The highest BCUT2D eigenvalue weighted by atomic mass is 16.5. The maximum atomic E-state index is 12.7. The SMILES string of the molecule is CCC1OCCC1C(=O)N(CCC(N)=NO)CC(C)C. The summed E-state index contributed by atoms with van der Waals surface area (Å²) in [5.74, 6) is 0.620. The zero-order valence-electron chi connectivity index (χ0n) is 12.7. The smallest absolute Gasteiger partial charge is 0.228 e. The molecule has 0 aromatic carbocycles. The summed E-state index contributed by atoms with van der Waals surface area (Å²) in [4.78, 5) is 14.5. The monoisotopic (exact) mass is 285 g/mol. The largest absolute Gasteiger partial charge is 0.409 e. The van der Waals surface area contributed by atoms with Crippen molar-refractivity contribution in [1.29, 1.82) is 0 Å². The number of oxime groups is 1. The van der Waals surface area contributed by atoms with Crippen molar-refractivity contribution < 1.29 is 14.7 Å². The van der Waals surface area contributed by atoms with Gasteiger partial charge in [-0.15, -0.1) is 0 Å². The molecule has 0 bridgehead atoms. The van der Waals surface area contributed by atoms with E-state index in [1.165, 1.54) is 0 Å². The Balaban J connectivity index is 2.68. The van der Waals surface area contributed by atoms with Crippen molar-refractivity contribution in [2.75, 3.05) is 19.7 Å². The Bertz CT molecular complexity index is 345. The average molecular weight is 285 g/mol. The number of amidine groups is 1. The third-order valence-electron chi connectivity index (χ3n) is 3.59. The number of nitrogens with two attached hydrogens (primary N) is 1. The second kappa shape index (κ2) is 8.09. The van der Waals surface area contributed by atoms with E-state index in [9.17, 15) is 4.79 Å². The first-order valence-electron chi connectivity index (χ1n) is 7.36. The van der Waals surface area contributed by atoms with Gasteiger partial charge in [-0.3, -0.25) is 4.79 Å². The van der Waals surface area contributed by atoms with Gasteiger partial charge in [0.05, 0.1) is 12.0 Å². The predicted octanol–water partition coefficient (Wildman–Crippen LogP) is 1.42. The molecule has 116 valence electrons. The fraction of sp³-hybridized carbons (Fsp3) is 0.857. The van der Waals surface area contributed by atoms with Crippen LogP contribution in [0.3, 0.4) is 0 Å². The Labute approximate surface area is 120 Å². The fourth-order valence-corrected chi connectivity index (χ4v) is 2.60. The van der Waals surface area contributed by atoms with E-state index >= 15 is 0 Å². The molecule has 1 saturated heterocycles. The molecule has 1 aliphatic rings. The normalized spacial score (nSPS) is 23.3. The molecule has 0 aromatic rings. The predicted molar refractivity (Wildman–Crippen MR) is 77.6 cm³/mol. The molecule has 0 spiro atoms.